The van der Waals surface area contributed by atoms with Crippen LogP contribution in [0.1, 0.15) is 39.5 Å². The molecule has 0 aromatic rings. The van der Waals surface area contributed by atoms with Gasteiger partial charge in [0, 0.05) is 6.54 Å². The fourth-order valence-corrected chi connectivity index (χ4v) is 1.36. The van der Waals surface area contributed by atoms with Crippen molar-refractivity contribution in [3.63, 3.8) is 0 Å². The van der Waals surface area contributed by atoms with Crippen molar-refractivity contribution in [2.24, 2.45) is 11.3 Å². The minimum absolute atomic E-state index is 0.0949. The number of rotatable bonds is 5. The molecule has 0 spiro atoms. The zero-order valence-electron chi connectivity index (χ0n) is 8.97. The monoisotopic (exact) mass is 194 g/mol. The van der Waals surface area contributed by atoms with Crippen molar-refractivity contribution in [3.8, 4) is 6.07 Å². The molecule has 1 rings (SSSR count). The van der Waals surface area contributed by atoms with Crippen molar-refractivity contribution >= 4 is 5.91 Å². The SMILES string of the molecule is CCCC(C#N)C(=O)NCC1(C)CC1. The number of nitrogens with zero attached hydrogens (tertiary/aromatic N) is 1. The van der Waals surface area contributed by atoms with E-state index in [0.29, 0.717) is 11.8 Å². The molecule has 3 nitrogen and oxygen atoms in total. The summed E-state index contributed by atoms with van der Waals surface area (Å²) >= 11 is 0. The molecule has 0 aromatic heterocycles. The van der Waals surface area contributed by atoms with Crippen LogP contribution in [-0.4, -0.2) is 12.5 Å². The second kappa shape index (κ2) is 4.45. The first-order valence-corrected chi connectivity index (χ1v) is 5.28. The molecule has 1 unspecified atom stereocenters. The van der Waals surface area contributed by atoms with Crippen LogP contribution in [-0.2, 0) is 4.79 Å². The Labute approximate surface area is 85.5 Å². The van der Waals surface area contributed by atoms with Crippen LogP contribution < -0.4 is 5.32 Å². The van der Waals surface area contributed by atoms with Crippen LogP contribution in [0.15, 0.2) is 0 Å². The molecule has 3 heteroatoms. The van der Waals surface area contributed by atoms with E-state index in [1.807, 2.05) is 13.0 Å². The summed E-state index contributed by atoms with van der Waals surface area (Å²) in [5.41, 5.74) is 0.321. The lowest BCUT2D eigenvalue weighted by Gasteiger charge is -2.12. The van der Waals surface area contributed by atoms with Gasteiger partial charge in [-0.15, -0.1) is 0 Å². The third-order valence-corrected chi connectivity index (χ3v) is 2.84. The van der Waals surface area contributed by atoms with Crippen molar-refractivity contribution in [3.05, 3.63) is 0 Å². The third kappa shape index (κ3) is 3.02. The second-order valence-corrected chi connectivity index (χ2v) is 4.50. The third-order valence-electron chi connectivity index (χ3n) is 2.84. The second-order valence-electron chi connectivity index (χ2n) is 4.50. The van der Waals surface area contributed by atoms with Crippen LogP contribution in [0.5, 0.6) is 0 Å². The molecule has 0 heterocycles. The predicted octanol–water partition coefficient (Wildman–Crippen LogP) is 1.84. The van der Waals surface area contributed by atoms with Gasteiger partial charge in [-0.2, -0.15) is 5.26 Å². The smallest absolute Gasteiger partial charge is 0.237 e. The van der Waals surface area contributed by atoms with Crippen molar-refractivity contribution in [2.45, 2.75) is 39.5 Å². The number of hydrogen-bond acceptors (Lipinski definition) is 2. The van der Waals surface area contributed by atoms with Gasteiger partial charge in [0.15, 0.2) is 0 Å². The van der Waals surface area contributed by atoms with Crippen molar-refractivity contribution < 1.29 is 4.79 Å². The first kappa shape index (κ1) is 11.0. The Balaban J connectivity index is 2.29. The topological polar surface area (TPSA) is 52.9 Å². The van der Waals surface area contributed by atoms with E-state index in [1.54, 1.807) is 0 Å². The van der Waals surface area contributed by atoms with Gasteiger partial charge in [0.25, 0.3) is 0 Å². The van der Waals surface area contributed by atoms with E-state index in [9.17, 15) is 4.79 Å². The van der Waals surface area contributed by atoms with Gasteiger partial charge in [-0.25, -0.2) is 0 Å². The maximum absolute atomic E-state index is 11.5. The van der Waals surface area contributed by atoms with Gasteiger partial charge in [0.05, 0.1) is 6.07 Å². The first-order chi connectivity index (χ1) is 6.61. The van der Waals surface area contributed by atoms with E-state index >= 15 is 0 Å². The zero-order valence-corrected chi connectivity index (χ0v) is 8.97. The van der Waals surface area contributed by atoms with Crippen LogP contribution >= 0.6 is 0 Å². The molecule has 0 saturated heterocycles. The average Bonchev–Trinajstić information content (AvgIpc) is 2.90. The molecule has 1 aliphatic carbocycles. The lowest BCUT2D eigenvalue weighted by Crippen LogP contribution is -2.33. The van der Waals surface area contributed by atoms with Gasteiger partial charge in [-0.05, 0) is 24.7 Å². The Morgan fingerprint density at radius 3 is 2.71 bits per heavy atom. The minimum atomic E-state index is -0.456. The zero-order chi connectivity index (χ0) is 10.6. The summed E-state index contributed by atoms with van der Waals surface area (Å²) in [6.07, 6.45) is 3.93. The molecular weight excluding hydrogens is 176 g/mol. The van der Waals surface area contributed by atoms with E-state index in [0.717, 1.165) is 13.0 Å². The first-order valence-electron chi connectivity index (χ1n) is 5.28. The number of hydrogen-bond donors (Lipinski definition) is 1. The average molecular weight is 194 g/mol. The summed E-state index contributed by atoms with van der Waals surface area (Å²) < 4.78 is 0. The highest BCUT2D eigenvalue weighted by Gasteiger charge is 2.37. The summed E-state index contributed by atoms with van der Waals surface area (Å²) in [7, 11) is 0. The molecule has 1 fully saturated rings. The number of amides is 1. The lowest BCUT2D eigenvalue weighted by atomic mass is 10.0. The number of nitrogens with one attached hydrogen (secondary N) is 1. The Morgan fingerprint density at radius 1 is 1.64 bits per heavy atom. The summed E-state index contributed by atoms with van der Waals surface area (Å²) in [5.74, 6) is -0.551. The Morgan fingerprint density at radius 2 is 2.29 bits per heavy atom. The number of carbonyl (C=O) groups excluding carboxylic acids is 1. The van der Waals surface area contributed by atoms with Gasteiger partial charge in [-0.3, -0.25) is 4.79 Å². The standard InChI is InChI=1S/C11H18N2O/c1-3-4-9(7-12)10(14)13-8-11(2)5-6-11/h9H,3-6,8H2,1-2H3,(H,13,14). The van der Waals surface area contributed by atoms with Crippen LogP contribution in [0.3, 0.4) is 0 Å². The number of nitriles is 1. The largest absolute Gasteiger partial charge is 0.354 e. The molecule has 78 valence electrons. The molecule has 1 saturated carbocycles. The molecule has 1 aliphatic rings. The van der Waals surface area contributed by atoms with Gasteiger partial charge >= 0.3 is 0 Å². The quantitative estimate of drug-likeness (QED) is 0.726. The fraction of sp³-hybridized carbons (Fsp3) is 0.818. The highest BCUT2D eigenvalue weighted by Crippen LogP contribution is 2.44. The molecule has 14 heavy (non-hydrogen) atoms. The van der Waals surface area contributed by atoms with E-state index in [2.05, 4.69) is 12.2 Å². The molecule has 0 aromatic carbocycles. The van der Waals surface area contributed by atoms with Crippen LogP contribution in [0.25, 0.3) is 0 Å². The van der Waals surface area contributed by atoms with Gasteiger partial charge in [0.2, 0.25) is 5.91 Å². The molecule has 0 radical (unpaired) electrons. The van der Waals surface area contributed by atoms with Crippen molar-refractivity contribution in [1.82, 2.24) is 5.32 Å². The molecule has 1 N–H and O–H groups in total. The van der Waals surface area contributed by atoms with Gasteiger partial charge in [-0.1, -0.05) is 20.3 Å². The van der Waals surface area contributed by atoms with Gasteiger partial charge in [0.1, 0.15) is 5.92 Å². The highest BCUT2D eigenvalue weighted by atomic mass is 16.1. The number of carbonyl (C=O) groups is 1. The normalized spacial score (nSPS) is 19.5. The highest BCUT2D eigenvalue weighted by molar-refractivity contribution is 5.81. The lowest BCUT2D eigenvalue weighted by molar-refractivity contribution is -0.123. The minimum Gasteiger partial charge on any atom is -0.354 e. The Kier molecular flexibility index (Phi) is 3.51. The molecule has 0 aliphatic heterocycles. The summed E-state index contributed by atoms with van der Waals surface area (Å²) in [5, 5.41) is 11.6. The van der Waals surface area contributed by atoms with Crippen molar-refractivity contribution in [1.29, 1.82) is 5.26 Å². The maximum atomic E-state index is 11.5. The maximum Gasteiger partial charge on any atom is 0.237 e. The molecule has 1 amide bonds. The Bertz CT molecular complexity index is 251. The van der Waals surface area contributed by atoms with Crippen LogP contribution in [0.4, 0.5) is 0 Å². The van der Waals surface area contributed by atoms with Crippen LogP contribution in [0, 0.1) is 22.7 Å². The van der Waals surface area contributed by atoms with E-state index < -0.39 is 5.92 Å². The van der Waals surface area contributed by atoms with E-state index in [-0.39, 0.29) is 5.91 Å². The van der Waals surface area contributed by atoms with Crippen LogP contribution in [0.2, 0.25) is 0 Å². The Hall–Kier alpha value is -1.04. The van der Waals surface area contributed by atoms with Gasteiger partial charge < -0.3 is 5.32 Å². The summed E-state index contributed by atoms with van der Waals surface area (Å²) in [6, 6.07) is 2.05. The molecule has 1 atom stereocenters. The molecular formula is C11H18N2O. The fourth-order valence-electron chi connectivity index (χ4n) is 1.36. The van der Waals surface area contributed by atoms with E-state index in [4.69, 9.17) is 5.26 Å². The summed E-state index contributed by atoms with van der Waals surface area (Å²) in [4.78, 5) is 11.5. The van der Waals surface area contributed by atoms with Crippen molar-refractivity contribution in [2.75, 3.05) is 6.54 Å². The molecule has 0 bridgehead atoms. The predicted molar refractivity (Wildman–Crippen MR) is 54.4 cm³/mol. The van der Waals surface area contributed by atoms with E-state index in [1.165, 1.54) is 12.8 Å². The summed E-state index contributed by atoms with van der Waals surface area (Å²) in [6.45, 7) is 4.88.